The van der Waals surface area contributed by atoms with Crippen LogP contribution in [0.1, 0.15) is 34.1 Å². The van der Waals surface area contributed by atoms with Gasteiger partial charge in [0.15, 0.2) is 11.8 Å². The van der Waals surface area contributed by atoms with Gasteiger partial charge in [0.05, 0.1) is 0 Å². The summed E-state index contributed by atoms with van der Waals surface area (Å²) >= 11 is 0. The fraction of sp³-hybridized carbons (Fsp3) is 0.733. The van der Waals surface area contributed by atoms with Crippen LogP contribution in [0.5, 0.6) is 0 Å². The average Bonchev–Trinajstić information content (AvgIpc) is 2.91. The number of nitrogens with one attached hydrogen (secondary N) is 1. The molecule has 2 aliphatic carbocycles. The van der Waals surface area contributed by atoms with E-state index in [2.05, 4.69) is 50.0 Å². The first kappa shape index (κ1) is 11.9. The Morgan fingerprint density at radius 3 is 2.44 bits per heavy atom. The van der Waals surface area contributed by atoms with E-state index in [4.69, 9.17) is 0 Å². The van der Waals surface area contributed by atoms with Gasteiger partial charge in [0, 0.05) is 17.8 Å². The van der Waals surface area contributed by atoms with E-state index in [9.17, 15) is 4.79 Å². The summed E-state index contributed by atoms with van der Waals surface area (Å²) in [4.78, 5) is 12.2. The second-order valence-corrected chi connectivity index (χ2v) is 6.55. The van der Waals surface area contributed by atoms with Crippen LogP contribution < -0.4 is 5.43 Å². The van der Waals surface area contributed by atoms with Crippen molar-refractivity contribution in [2.24, 2.45) is 29.6 Å². The number of carbonyl (C=O) groups is 1. The summed E-state index contributed by atoms with van der Waals surface area (Å²) in [7, 11) is 0. The molecule has 18 heavy (non-hydrogen) atoms. The predicted molar refractivity (Wildman–Crippen MR) is 71.1 cm³/mol. The van der Waals surface area contributed by atoms with Crippen LogP contribution in [0, 0.1) is 29.6 Å². The minimum atomic E-state index is 0.187. The third-order valence-corrected chi connectivity index (χ3v) is 4.71. The Morgan fingerprint density at radius 2 is 1.83 bits per heavy atom. The number of rotatable bonds is 2. The molecule has 1 amide bonds. The normalized spacial score (nSPS) is 36.8. The zero-order chi connectivity index (χ0) is 13.0. The molecular weight excluding hydrogens is 224 g/mol. The highest BCUT2D eigenvalue weighted by molar-refractivity contribution is 5.87. The second kappa shape index (κ2) is 3.94. The summed E-state index contributed by atoms with van der Waals surface area (Å²) in [5, 5.41) is 0. The molecule has 0 radical (unpaired) electrons. The Labute approximate surface area is 109 Å². The maximum Gasteiger partial charge on any atom is 0.284 e. The number of amides is 1. The van der Waals surface area contributed by atoms with E-state index in [-0.39, 0.29) is 11.8 Å². The van der Waals surface area contributed by atoms with Gasteiger partial charge in [0.2, 0.25) is 0 Å². The molecule has 1 saturated carbocycles. The molecule has 98 valence electrons. The summed E-state index contributed by atoms with van der Waals surface area (Å²) in [6, 6.07) is 0.368. The van der Waals surface area contributed by atoms with E-state index < -0.39 is 0 Å². The maximum absolute atomic E-state index is 12.2. The van der Waals surface area contributed by atoms with Gasteiger partial charge in [-0.15, -0.1) is 10.1 Å². The van der Waals surface area contributed by atoms with Crippen molar-refractivity contribution >= 4 is 11.6 Å². The molecule has 2 bridgehead atoms. The van der Waals surface area contributed by atoms with Crippen LogP contribution in [0.25, 0.3) is 0 Å². The average molecular weight is 247 g/mol. The first-order chi connectivity index (χ1) is 8.50. The lowest BCUT2D eigenvalue weighted by Crippen LogP contribution is -2.41. The first-order valence-electron chi connectivity index (χ1n) is 7.15. The molecule has 1 saturated heterocycles. The standard InChI is InChI=1S/C15H22N2O/c1-8(2)13(9(3)4)17-14-11-6-5-10(7-11)12(14)15(18)16-17/h5-6,8-12,14H,7H2,1-4H3/p+1/t10-,11+,12+,14-/m1/s1. The fourth-order valence-corrected chi connectivity index (χ4v) is 4.23. The molecule has 1 N–H and O–H groups in total. The number of carbonyl (C=O) groups excluding carboxylic acids is 1. The lowest BCUT2D eigenvalue weighted by atomic mass is 9.89. The summed E-state index contributed by atoms with van der Waals surface area (Å²) in [6.07, 6.45) is 5.74. The molecule has 3 heteroatoms. The van der Waals surface area contributed by atoms with Gasteiger partial charge in [-0.05, 0) is 12.3 Å². The lowest BCUT2D eigenvalue weighted by molar-refractivity contribution is -0.604. The van der Waals surface area contributed by atoms with E-state index in [0.29, 0.717) is 29.7 Å². The molecule has 0 spiro atoms. The number of hydrazone groups is 1. The molecule has 0 aromatic carbocycles. The van der Waals surface area contributed by atoms with Gasteiger partial charge in [-0.1, -0.05) is 39.8 Å². The van der Waals surface area contributed by atoms with Gasteiger partial charge in [0.1, 0.15) is 5.92 Å². The van der Waals surface area contributed by atoms with E-state index in [1.807, 2.05) is 0 Å². The van der Waals surface area contributed by atoms with Crippen LogP contribution in [0.3, 0.4) is 0 Å². The molecule has 3 rings (SSSR count). The second-order valence-electron chi connectivity index (χ2n) is 6.55. The van der Waals surface area contributed by atoms with Crippen LogP contribution in [0.15, 0.2) is 12.2 Å². The Morgan fingerprint density at radius 1 is 1.22 bits per heavy atom. The quantitative estimate of drug-likeness (QED) is 0.587. The molecule has 0 aromatic rings. The van der Waals surface area contributed by atoms with Crippen molar-refractivity contribution in [3.05, 3.63) is 12.2 Å². The number of hydrogen-bond acceptors (Lipinski definition) is 1. The molecule has 2 fully saturated rings. The van der Waals surface area contributed by atoms with Gasteiger partial charge < -0.3 is 0 Å². The van der Waals surface area contributed by atoms with Gasteiger partial charge in [-0.2, -0.15) is 0 Å². The highest BCUT2D eigenvalue weighted by Crippen LogP contribution is 2.47. The van der Waals surface area contributed by atoms with Crippen molar-refractivity contribution in [3.63, 3.8) is 0 Å². The van der Waals surface area contributed by atoms with E-state index in [0.717, 1.165) is 0 Å². The monoisotopic (exact) mass is 247 g/mol. The first-order valence-corrected chi connectivity index (χ1v) is 7.15. The van der Waals surface area contributed by atoms with Crippen molar-refractivity contribution in [2.45, 2.75) is 40.2 Å². The van der Waals surface area contributed by atoms with Crippen molar-refractivity contribution in [1.82, 2.24) is 5.43 Å². The van der Waals surface area contributed by atoms with Crippen molar-refractivity contribution < 1.29 is 9.48 Å². The fourth-order valence-electron chi connectivity index (χ4n) is 4.23. The molecule has 3 aliphatic rings. The molecule has 1 aliphatic heterocycles. The molecule has 3 nitrogen and oxygen atoms in total. The highest BCUT2D eigenvalue weighted by Gasteiger charge is 2.60. The number of hydrazine groups is 1. The Bertz CT molecular complexity index is 437. The summed E-state index contributed by atoms with van der Waals surface area (Å²) in [5.41, 5.74) is 4.51. The Hall–Kier alpha value is -1.12. The highest BCUT2D eigenvalue weighted by atomic mass is 16.2. The SMILES string of the molecule is CC(C)C(C(C)C)=[N+]1NC(=O)[C@@H]2[C@H]1[C@H]1C=C[C@@H]2C1. The summed E-state index contributed by atoms with van der Waals surface area (Å²) < 4.78 is 2.22. The zero-order valence-corrected chi connectivity index (χ0v) is 11.7. The maximum atomic E-state index is 12.2. The Balaban J connectivity index is 2.06. The van der Waals surface area contributed by atoms with Crippen LogP contribution in [-0.4, -0.2) is 22.3 Å². The number of allylic oxidation sites excluding steroid dienone is 1. The van der Waals surface area contributed by atoms with E-state index in [1.54, 1.807) is 0 Å². The third-order valence-electron chi connectivity index (χ3n) is 4.71. The number of nitrogens with zero attached hydrogens (tertiary/aromatic N) is 1. The minimum Gasteiger partial charge on any atom is -0.269 e. The third kappa shape index (κ3) is 1.49. The van der Waals surface area contributed by atoms with Gasteiger partial charge >= 0.3 is 0 Å². The van der Waals surface area contributed by atoms with Crippen LogP contribution in [0.2, 0.25) is 0 Å². The molecule has 1 heterocycles. The smallest absolute Gasteiger partial charge is 0.269 e. The Kier molecular flexibility index (Phi) is 2.61. The topological polar surface area (TPSA) is 32.1 Å². The van der Waals surface area contributed by atoms with E-state index >= 15 is 0 Å². The van der Waals surface area contributed by atoms with Gasteiger partial charge in [0.25, 0.3) is 5.91 Å². The predicted octanol–water partition coefficient (Wildman–Crippen LogP) is 1.99. The van der Waals surface area contributed by atoms with Crippen LogP contribution in [-0.2, 0) is 4.79 Å². The van der Waals surface area contributed by atoms with Crippen LogP contribution >= 0.6 is 0 Å². The summed E-state index contributed by atoms with van der Waals surface area (Å²) in [5.74, 6) is 2.42. The van der Waals surface area contributed by atoms with Crippen molar-refractivity contribution in [2.75, 3.05) is 0 Å². The molecule has 0 aromatic heterocycles. The summed E-state index contributed by atoms with van der Waals surface area (Å²) in [6.45, 7) is 8.88. The van der Waals surface area contributed by atoms with Crippen molar-refractivity contribution in [1.29, 1.82) is 0 Å². The van der Waals surface area contributed by atoms with Gasteiger partial charge in [-0.25, -0.2) is 0 Å². The minimum absolute atomic E-state index is 0.187. The molecule has 4 atom stereocenters. The number of hydrogen-bond donors (Lipinski definition) is 1. The largest absolute Gasteiger partial charge is 0.284 e. The molecular formula is C15H23N2O+. The van der Waals surface area contributed by atoms with E-state index in [1.165, 1.54) is 12.1 Å². The van der Waals surface area contributed by atoms with Crippen molar-refractivity contribution in [3.8, 4) is 0 Å². The van der Waals surface area contributed by atoms with Crippen LogP contribution in [0.4, 0.5) is 0 Å². The number of fused-ring (bicyclic) bond motifs is 5. The molecule has 0 unspecified atom stereocenters. The zero-order valence-electron chi connectivity index (χ0n) is 11.7. The lowest BCUT2D eigenvalue weighted by Gasteiger charge is -2.18. The van der Waals surface area contributed by atoms with Gasteiger partial charge in [-0.3, -0.25) is 4.79 Å².